The van der Waals surface area contributed by atoms with Crippen molar-refractivity contribution in [3.8, 4) is 0 Å². The van der Waals surface area contributed by atoms with E-state index in [1.165, 1.54) is 0 Å². The maximum atomic E-state index is 5.17. The molecule has 5 heteroatoms. The summed E-state index contributed by atoms with van der Waals surface area (Å²) in [7, 11) is 3.83. The van der Waals surface area contributed by atoms with Crippen LogP contribution in [0.1, 0.15) is 6.92 Å². The highest BCUT2D eigenvalue weighted by Gasteiger charge is 1.99. The zero-order chi connectivity index (χ0) is 7.28. The molecule has 0 amide bonds. The molecule has 0 radical (unpaired) electrons. The first kappa shape index (κ1) is 12.2. The fourth-order valence-electron chi connectivity index (χ4n) is 0.506. The number of hydrogen-bond acceptors (Lipinski definition) is 1. The first-order chi connectivity index (χ1) is 4.22. The Morgan fingerprint density at radius 1 is 1.50 bits per heavy atom. The van der Waals surface area contributed by atoms with Crippen molar-refractivity contribution in [2.75, 3.05) is 20.6 Å². The molecule has 0 fully saturated rings. The lowest BCUT2D eigenvalue weighted by Gasteiger charge is -2.01. The van der Waals surface area contributed by atoms with Gasteiger partial charge in [0.05, 0.1) is 20.6 Å². The van der Waals surface area contributed by atoms with Crippen LogP contribution in [0.5, 0.6) is 0 Å². The molecule has 0 heterocycles. The Morgan fingerprint density at radius 2 is 2.00 bits per heavy atom. The van der Waals surface area contributed by atoms with Gasteiger partial charge in [0.1, 0.15) is 0 Å². The van der Waals surface area contributed by atoms with Crippen molar-refractivity contribution in [2.45, 2.75) is 6.92 Å². The Bertz CT molecular complexity index is 108. The minimum Gasteiger partial charge on any atom is -0.277 e. The van der Waals surface area contributed by atoms with Gasteiger partial charge in [0.25, 0.3) is 0 Å². The molecule has 0 atom stereocenters. The van der Waals surface area contributed by atoms with Gasteiger partial charge in [-0.3, -0.25) is 9.89 Å². The Kier molecular flexibility index (Phi) is 8.11. The van der Waals surface area contributed by atoms with Gasteiger partial charge in [0, 0.05) is 0 Å². The number of rotatable bonds is 1. The van der Waals surface area contributed by atoms with E-state index < -0.39 is 0 Å². The summed E-state index contributed by atoms with van der Waals surface area (Å²) in [5, 5.41) is 3.04. The maximum Gasteiger partial charge on any atom is 0.362 e. The van der Waals surface area contributed by atoms with Crippen molar-refractivity contribution in [3.63, 3.8) is 0 Å². The van der Waals surface area contributed by atoms with Crippen LogP contribution in [-0.4, -0.2) is 31.2 Å². The van der Waals surface area contributed by atoms with Crippen molar-refractivity contribution in [3.05, 3.63) is 0 Å². The highest BCUT2D eigenvalue weighted by molar-refractivity contribution is 5.85. The second-order valence-electron chi connectivity index (χ2n) is 1.92. The Morgan fingerprint density at radius 3 is 2.10 bits per heavy atom. The molecule has 0 aliphatic carbocycles. The molecule has 0 aromatic carbocycles. The Balaban J connectivity index is 0. The highest BCUT2D eigenvalue weighted by atomic mass is 35.5. The van der Waals surface area contributed by atoms with Gasteiger partial charge in [0.2, 0.25) is 0 Å². The molecule has 10 heavy (non-hydrogen) atoms. The van der Waals surface area contributed by atoms with Gasteiger partial charge < -0.3 is 0 Å². The largest absolute Gasteiger partial charge is 0.362 e. The smallest absolute Gasteiger partial charge is 0.277 e. The van der Waals surface area contributed by atoms with Crippen molar-refractivity contribution < 1.29 is 4.58 Å². The SMILES string of the molecule is CCNC(NN)=[N+](C)C.Cl. The van der Waals surface area contributed by atoms with Crippen LogP contribution in [0.15, 0.2) is 0 Å². The number of hydrazine groups is 1. The first-order valence-corrected chi connectivity index (χ1v) is 2.97. The quantitative estimate of drug-likeness (QED) is 0.156. The number of hydrogen-bond donors (Lipinski definition) is 3. The lowest BCUT2D eigenvalue weighted by Crippen LogP contribution is -2.46. The molecule has 0 spiro atoms. The van der Waals surface area contributed by atoms with Gasteiger partial charge in [-0.25, -0.2) is 5.43 Å². The van der Waals surface area contributed by atoms with Crippen LogP contribution in [0.2, 0.25) is 0 Å². The molecular weight excluding hydrogens is 152 g/mol. The van der Waals surface area contributed by atoms with Gasteiger partial charge in [-0.2, -0.15) is 5.84 Å². The van der Waals surface area contributed by atoms with Crippen LogP contribution < -0.4 is 16.6 Å². The van der Waals surface area contributed by atoms with Crippen LogP contribution in [0.25, 0.3) is 0 Å². The Hall–Kier alpha value is -0.480. The highest BCUT2D eigenvalue weighted by Crippen LogP contribution is 1.59. The van der Waals surface area contributed by atoms with Gasteiger partial charge in [-0.15, -0.1) is 12.4 Å². The van der Waals surface area contributed by atoms with Crippen molar-refractivity contribution >= 4 is 18.4 Å². The molecule has 4 nitrogen and oxygen atoms in total. The van der Waals surface area contributed by atoms with Gasteiger partial charge >= 0.3 is 5.96 Å². The Labute approximate surface area is 67.9 Å². The van der Waals surface area contributed by atoms with Gasteiger partial charge in [-0.1, -0.05) is 0 Å². The number of halogens is 1. The average molecular weight is 168 g/mol. The molecule has 0 saturated carbocycles. The molecule has 0 aromatic rings. The zero-order valence-electron chi connectivity index (χ0n) is 6.64. The molecule has 0 rings (SSSR count). The lowest BCUT2D eigenvalue weighted by molar-refractivity contribution is -0.469. The van der Waals surface area contributed by atoms with Crippen molar-refractivity contribution in [1.29, 1.82) is 0 Å². The van der Waals surface area contributed by atoms with E-state index in [0.29, 0.717) is 0 Å². The molecule has 0 aromatic heterocycles. The summed E-state index contributed by atoms with van der Waals surface area (Å²) in [6, 6.07) is 0. The third-order valence-corrected chi connectivity index (χ3v) is 0.928. The zero-order valence-corrected chi connectivity index (χ0v) is 7.46. The molecule has 62 valence electrons. The molecular formula is C5H16ClN4+. The number of nitrogens with zero attached hydrogens (tertiary/aromatic N) is 1. The van der Waals surface area contributed by atoms with Crippen LogP contribution >= 0.6 is 12.4 Å². The molecule has 0 aliphatic rings. The van der Waals surface area contributed by atoms with Crippen LogP contribution in [0.3, 0.4) is 0 Å². The molecule has 0 bridgehead atoms. The van der Waals surface area contributed by atoms with E-state index >= 15 is 0 Å². The number of guanidine groups is 1. The standard InChI is InChI=1S/C5H14N4.ClH/c1-4-7-5(8-6)9(2)3;/h4,6H2,1-3H3,(H,7,8);1H/p+1. The third kappa shape index (κ3) is 4.40. The summed E-state index contributed by atoms with van der Waals surface area (Å²) < 4.78 is 1.88. The predicted octanol–water partition coefficient (Wildman–Crippen LogP) is -0.891. The van der Waals surface area contributed by atoms with Gasteiger partial charge in [0.15, 0.2) is 0 Å². The molecule has 0 saturated heterocycles. The molecule has 4 N–H and O–H groups in total. The second kappa shape index (κ2) is 6.64. The summed E-state index contributed by atoms with van der Waals surface area (Å²) in [6.45, 7) is 2.89. The minimum absolute atomic E-state index is 0. The van der Waals surface area contributed by atoms with Crippen molar-refractivity contribution in [1.82, 2.24) is 10.7 Å². The van der Waals surface area contributed by atoms with E-state index in [-0.39, 0.29) is 12.4 Å². The minimum atomic E-state index is 0. The van der Waals surface area contributed by atoms with E-state index in [9.17, 15) is 0 Å². The summed E-state index contributed by atoms with van der Waals surface area (Å²) in [5.74, 6) is 6.00. The lowest BCUT2D eigenvalue weighted by atomic mass is 10.7. The summed E-state index contributed by atoms with van der Waals surface area (Å²) in [4.78, 5) is 0. The third-order valence-electron chi connectivity index (χ3n) is 0.928. The molecule has 0 unspecified atom stereocenters. The summed E-state index contributed by atoms with van der Waals surface area (Å²) in [6.07, 6.45) is 0. The second-order valence-corrected chi connectivity index (χ2v) is 1.92. The first-order valence-electron chi connectivity index (χ1n) is 2.97. The predicted molar refractivity (Wildman–Crippen MR) is 45.4 cm³/mol. The topological polar surface area (TPSA) is 53.1 Å². The van der Waals surface area contributed by atoms with E-state index in [1.54, 1.807) is 0 Å². The van der Waals surface area contributed by atoms with Crippen LogP contribution in [0.4, 0.5) is 0 Å². The molecule has 0 aliphatic heterocycles. The maximum absolute atomic E-state index is 5.17. The van der Waals surface area contributed by atoms with E-state index in [2.05, 4.69) is 10.7 Å². The fourth-order valence-corrected chi connectivity index (χ4v) is 0.506. The number of nitrogens with one attached hydrogen (secondary N) is 2. The van der Waals surface area contributed by atoms with E-state index in [4.69, 9.17) is 5.84 Å². The van der Waals surface area contributed by atoms with Crippen LogP contribution in [0, 0.1) is 0 Å². The monoisotopic (exact) mass is 167 g/mol. The average Bonchev–Trinajstić information content (AvgIpc) is 1.82. The van der Waals surface area contributed by atoms with E-state index in [1.807, 2.05) is 25.6 Å². The fraction of sp³-hybridized carbons (Fsp3) is 0.800. The summed E-state index contributed by atoms with van der Waals surface area (Å²) in [5.41, 5.74) is 2.53. The van der Waals surface area contributed by atoms with Crippen molar-refractivity contribution in [2.24, 2.45) is 5.84 Å². The normalized spacial score (nSPS) is 7.60. The van der Waals surface area contributed by atoms with Gasteiger partial charge in [-0.05, 0) is 6.92 Å². The van der Waals surface area contributed by atoms with E-state index in [0.717, 1.165) is 12.5 Å². The number of nitrogens with two attached hydrogens (primary N) is 1. The summed E-state index contributed by atoms with van der Waals surface area (Å²) >= 11 is 0. The van der Waals surface area contributed by atoms with Crippen LogP contribution in [-0.2, 0) is 0 Å².